The van der Waals surface area contributed by atoms with E-state index in [9.17, 15) is 19.5 Å². The fourth-order valence-corrected chi connectivity index (χ4v) is 6.20. The topological polar surface area (TPSA) is 108 Å². The second-order valence-electron chi connectivity index (χ2n) is 10.4. The van der Waals surface area contributed by atoms with E-state index < -0.39 is 35.1 Å². The van der Waals surface area contributed by atoms with Crippen LogP contribution in [0.25, 0.3) is 0 Å². The molecular weight excluding hydrogens is 410 g/mol. The van der Waals surface area contributed by atoms with E-state index in [4.69, 9.17) is 4.74 Å². The second-order valence-corrected chi connectivity index (χ2v) is 10.4. The van der Waals surface area contributed by atoms with Gasteiger partial charge in [0.05, 0.1) is 30.1 Å². The van der Waals surface area contributed by atoms with Crippen LogP contribution in [0.1, 0.15) is 67.2 Å². The van der Waals surface area contributed by atoms with Gasteiger partial charge in [0, 0.05) is 13.1 Å². The quantitative estimate of drug-likeness (QED) is 0.436. The van der Waals surface area contributed by atoms with E-state index in [2.05, 4.69) is 17.6 Å². The van der Waals surface area contributed by atoms with Crippen molar-refractivity contribution in [3.63, 3.8) is 0 Å². The number of fused-ring (bicyclic) bond motifs is 1. The van der Waals surface area contributed by atoms with Gasteiger partial charge in [-0.1, -0.05) is 41.0 Å². The molecule has 32 heavy (non-hydrogen) atoms. The zero-order chi connectivity index (χ0) is 23.8. The Morgan fingerprint density at radius 1 is 1.19 bits per heavy atom. The Balaban J connectivity index is 2.07. The summed E-state index contributed by atoms with van der Waals surface area (Å²) in [5, 5.41) is 16.1. The van der Waals surface area contributed by atoms with Crippen LogP contribution >= 0.6 is 0 Å². The van der Waals surface area contributed by atoms with Gasteiger partial charge >= 0.3 is 0 Å². The predicted octanol–water partition coefficient (Wildman–Crippen LogP) is 1.46. The van der Waals surface area contributed by atoms with E-state index in [0.29, 0.717) is 19.5 Å². The molecule has 3 saturated heterocycles. The molecule has 0 aromatic heterocycles. The van der Waals surface area contributed by atoms with Crippen LogP contribution < -0.4 is 10.6 Å². The molecular formula is C24H41N3O5. The number of hydrogen-bond acceptors (Lipinski definition) is 5. The van der Waals surface area contributed by atoms with Gasteiger partial charge < -0.3 is 25.4 Å². The molecule has 3 aliphatic rings. The van der Waals surface area contributed by atoms with Gasteiger partial charge in [-0.2, -0.15) is 0 Å². The smallest absolute Gasteiger partial charge is 0.245 e. The van der Waals surface area contributed by atoms with E-state index in [1.54, 1.807) is 4.90 Å². The zero-order valence-electron chi connectivity index (χ0n) is 20.4. The summed E-state index contributed by atoms with van der Waals surface area (Å²) in [5.74, 6) is -2.11. The molecule has 3 N–H and O–H groups in total. The van der Waals surface area contributed by atoms with E-state index in [-0.39, 0.29) is 36.2 Å². The van der Waals surface area contributed by atoms with Crippen molar-refractivity contribution in [2.45, 2.75) is 90.5 Å². The van der Waals surface area contributed by atoms with Gasteiger partial charge in [-0.15, -0.1) is 0 Å². The number of unbranched alkanes of at least 4 members (excludes halogenated alkanes) is 1. The van der Waals surface area contributed by atoms with E-state index in [1.807, 2.05) is 34.6 Å². The summed E-state index contributed by atoms with van der Waals surface area (Å²) in [6.45, 7) is 12.7. The van der Waals surface area contributed by atoms with Gasteiger partial charge in [0.2, 0.25) is 17.7 Å². The SMILES string of the molecule is CCCCNC(=O)C1N([C@@H](CO)C(C)C)C(=O)[C@@H]2[C@@H](C(=O)NCCC)[C@]3(C)OC12CC3C. The van der Waals surface area contributed by atoms with Crippen molar-refractivity contribution in [1.29, 1.82) is 0 Å². The van der Waals surface area contributed by atoms with E-state index in [1.165, 1.54) is 0 Å². The van der Waals surface area contributed by atoms with Crippen LogP contribution in [0.15, 0.2) is 0 Å². The number of carbonyl (C=O) groups is 3. The van der Waals surface area contributed by atoms with Gasteiger partial charge in [0.15, 0.2) is 0 Å². The van der Waals surface area contributed by atoms with Crippen LogP contribution in [-0.2, 0) is 19.1 Å². The third-order valence-electron chi connectivity index (χ3n) is 7.98. The lowest BCUT2D eigenvalue weighted by molar-refractivity contribution is -0.152. The predicted molar refractivity (Wildman–Crippen MR) is 121 cm³/mol. The maximum Gasteiger partial charge on any atom is 0.245 e. The molecule has 8 heteroatoms. The zero-order valence-corrected chi connectivity index (χ0v) is 20.4. The highest BCUT2D eigenvalue weighted by atomic mass is 16.5. The van der Waals surface area contributed by atoms with E-state index in [0.717, 1.165) is 19.3 Å². The molecule has 2 bridgehead atoms. The van der Waals surface area contributed by atoms with Gasteiger partial charge in [-0.05, 0) is 38.0 Å². The first-order chi connectivity index (χ1) is 15.1. The van der Waals surface area contributed by atoms with Gasteiger partial charge in [-0.25, -0.2) is 0 Å². The highest BCUT2D eigenvalue weighted by molar-refractivity contribution is 5.99. The molecule has 182 valence electrons. The molecule has 3 amide bonds. The van der Waals surface area contributed by atoms with E-state index >= 15 is 0 Å². The molecule has 3 aliphatic heterocycles. The standard InChI is InChI=1S/C24H41N3O5/c1-7-9-11-26-21(30)19-24-12-15(5)23(6,32-24)17(20(29)25-10-8-2)18(24)22(31)27(19)16(13-28)14(3)4/h14-19,28H,7-13H2,1-6H3,(H,25,29)(H,26,30)/t15?,16-,17-,18-,19?,23+,24?/m0/s1. The Hall–Kier alpha value is -1.67. The molecule has 0 aliphatic carbocycles. The number of likely N-dealkylation sites (tertiary alicyclic amines) is 1. The van der Waals surface area contributed by atoms with Crippen LogP contribution in [0, 0.1) is 23.7 Å². The third kappa shape index (κ3) is 3.63. The molecule has 3 rings (SSSR count). The van der Waals surface area contributed by atoms with Crippen molar-refractivity contribution in [1.82, 2.24) is 15.5 Å². The number of aliphatic hydroxyl groups is 1. The molecule has 1 spiro atoms. The highest BCUT2D eigenvalue weighted by Crippen LogP contribution is 2.65. The summed E-state index contributed by atoms with van der Waals surface area (Å²) >= 11 is 0. The van der Waals surface area contributed by atoms with Crippen molar-refractivity contribution < 1.29 is 24.2 Å². The Morgan fingerprint density at radius 2 is 1.84 bits per heavy atom. The minimum Gasteiger partial charge on any atom is -0.394 e. The number of ether oxygens (including phenoxy) is 1. The fourth-order valence-electron chi connectivity index (χ4n) is 6.20. The lowest BCUT2D eigenvalue weighted by Gasteiger charge is -2.38. The Morgan fingerprint density at radius 3 is 2.41 bits per heavy atom. The van der Waals surface area contributed by atoms with Crippen molar-refractivity contribution in [2.24, 2.45) is 23.7 Å². The van der Waals surface area contributed by atoms with Crippen molar-refractivity contribution in [3.05, 3.63) is 0 Å². The molecule has 3 fully saturated rings. The number of hydrogen-bond donors (Lipinski definition) is 3. The van der Waals surface area contributed by atoms with Crippen LogP contribution in [0.2, 0.25) is 0 Å². The van der Waals surface area contributed by atoms with Crippen molar-refractivity contribution in [3.8, 4) is 0 Å². The van der Waals surface area contributed by atoms with Crippen molar-refractivity contribution in [2.75, 3.05) is 19.7 Å². The minimum absolute atomic E-state index is 0.0152. The summed E-state index contributed by atoms with van der Waals surface area (Å²) in [5.41, 5.74) is -1.86. The highest BCUT2D eigenvalue weighted by Gasteiger charge is 2.80. The first-order valence-corrected chi connectivity index (χ1v) is 12.3. The molecule has 8 nitrogen and oxygen atoms in total. The van der Waals surface area contributed by atoms with Crippen LogP contribution in [0.5, 0.6) is 0 Å². The van der Waals surface area contributed by atoms with Gasteiger partial charge in [0.25, 0.3) is 0 Å². The molecule has 3 heterocycles. The van der Waals surface area contributed by atoms with Crippen LogP contribution in [0.4, 0.5) is 0 Å². The van der Waals surface area contributed by atoms with Crippen molar-refractivity contribution >= 4 is 17.7 Å². The maximum absolute atomic E-state index is 13.9. The van der Waals surface area contributed by atoms with Crippen LogP contribution in [-0.4, -0.2) is 70.7 Å². The van der Waals surface area contributed by atoms with Gasteiger partial charge in [-0.3, -0.25) is 14.4 Å². The molecule has 0 aromatic carbocycles. The summed E-state index contributed by atoms with van der Waals surface area (Å²) < 4.78 is 6.65. The number of aliphatic hydroxyl groups excluding tert-OH is 1. The monoisotopic (exact) mass is 451 g/mol. The molecule has 3 unspecified atom stereocenters. The molecule has 0 saturated carbocycles. The minimum atomic E-state index is -1.06. The Kier molecular flexibility index (Phi) is 7.25. The Labute approximate surface area is 191 Å². The summed E-state index contributed by atoms with van der Waals surface area (Å²) in [7, 11) is 0. The average molecular weight is 452 g/mol. The normalized spacial score (nSPS) is 36.5. The average Bonchev–Trinajstić information content (AvgIpc) is 3.24. The van der Waals surface area contributed by atoms with Gasteiger partial charge in [0.1, 0.15) is 11.6 Å². The maximum atomic E-state index is 13.9. The number of nitrogens with zero attached hydrogens (tertiary/aromatic N) is 1. The first kappa shape index (κ1) is 25.0. The number of amides is 3. The largest absolute Gasteiger partial charge is 0.394 e. The third-order valence-corrected chi connectivity index (χ3v) is 7.98. The number of carbonyl (C=O) groups excluding carboxylic acids is 3. The lowest BCUT2D eigenvalue weighted by atomic mass is 9.62. The summed E-state index contributed by atoms with van der Waals surface area (Å²) in [6, 6.07) is -1.38. The molecule has 0 radical (unpaired) electrons. The lowest BCUT2D eigenvalue weighted by Crippen LogP contribution is -2.59. The Bertz CT molecular complexity index is 743. The second kappa shape index (κ2) is 9.29. The fraction of sp³-hybridized carbons (Fsp3) is 0.875. The summed E-state index contributed by atoms with van der Waals surface area (Å²) in [4.78, 5) is 42.3. The number of nitrogens with one attached hydrogen (secondary N) is 2. The number of rotatable bonds is 10. The van der Waals surface area contributed by atoms with Crippen LogP contribution in [0.3, 0.4) is 0 Å². The summed E-state index contributed by atoms with van der Waals surface area (Å²) in [6.07, 6.45) is 3.12. The molecule has 0 aromatic rings. The first-order valence-electron chi connectivity index (χ1n) is 12.3. The molecule has 7 atom stereocenters.